The second-order valence-corrected chi connectivity index (χ2v) is 4.76. The van der Waals surface area contributed by atoms with E-state index in [2.05, 4.69) is 23.5 Å². The number of carbonyl (C=O) groups is 1. The van der Waals surface area contributed by atoms with Crippen LogP contribution in [0.3, 0.4) is 0 Å². The van der Waals surface area contributed by atoms with Crippen molar-refractivity contribution in [1.29, 1.82) is 0 Å². The maximum atomic E-state index is 11.1. The molecule has 3 nitrogen and oxygen atoms in total. The maximum absolute atomic E-state index is 11.1. The molecular weight excluding hydrogens is 190 g/mol. The lowest BCUT2D eigenvalue weighted by Crippen LogP contribution is -2.40. The number of nitrogens with one attached hydrogen (secondary N) is 1. The quantitative estimate of drug-likeness (QED) is 0.629. The molecule has 2 aliphatic carbocycles. The van der Waals surface area contributed by atoms with Gasteiger partial charge >= 0.3 is 5.97 Å². The Morgan fingerprint density at radius 3 is 3.00 bits per heavy atom. The van der Waals surface area contributed by atoms with E-state index in [1.165, 1.54) is 0 Å². The third-order valence-corrected chi connectivity index (χ3v) is 4.04. The highest BCUT2D eigenvalue weighted by Gasteiger charge is 2.46. The van der Waals surface area contributed by atoms with Gasteiger partial charge in [-0.1, -0.05) is 24.3 Å². The molecule has 0 saturated carbocycles. The second kappa shape index (κ2) is 3.20. The van der Waals surface area contributed by atoms with Gasteiger partial charge in [-0.2, -0.15) is 0 Å². The van der Waals surface area contributed by atoms with Crippen molar-refractivity contribution in [2.24, 2.45) is 23.7 Å². The summed E-state index contributed by atoms with van der Waals surface area (Å²) in [6.07, 6.45) is 9.29. The molecule has 1 heterocycles. The van der Waals surface area contributed by atoms with E-state index < -0.39 is 5.97 Å². The fourth-order valence-corrected chi connectivity index (χ4v) is 3.36. The van der Waals surface area contributed by atoms with E-state index in [1.54, 1.807) is 0 Å². The number of hydrogen-bond acceptors (Lipinski definition) is 2. The SMILES string of the molecule is O=C(O)C1C=CC2NCC3CC=CC1C32. The summed E-state index contributed by atoms with van der Waals surface area (Å²) >= 11 is 0. The Bertz CT molecular complexity index is 348. The van der Waals surface area contributed by atoms with Gasteiger partial charge in [0.25, 0.3) is 0 Å². The lowest BCUT2D eigenvalue weighted by atomic mass is 9.67. The highest BCUT2D eigenvalue weighted by Crippen LogP contribution is 2.43. The minimum absolute atomic E-state index is 0.200. The normalized spacial score (nSPS) is 46.5. The average molecular weight is 205 g/mol. The van der Waals surface area contributed by atoms with Crippen molar-refractivity contribution < 1.29 is 9.90 Å². The van der Waals surface area contributed by atoms with Crippen LogP contribution >= 0.6 is 0 Å². The van der Waals surface area contributed by atoms with Crippen LogP contribution in [0.2, 0.25) is 0 Å². The van der Waals surface area contributed by atoms with Crippen LogP contribution in [-0.4, -0.2) is 23.7 Å². The Balaban J connectivity index is 1.99. The number of allylic oxidation sites excluding steroid dienone is 2. The summed E-state index contributed by atoms with van der Waals surface area (Å²) in [5, 5.41) is 12.6. The van der Waals surface area contributed by atoms with Gasteiger partial charge in [0.05, 0.1) is 5.92 Å². The molecule has 1 aliphatic heterocycles. The lowest BCUT2D eigenvalue weighted by Gasteiger charge is -2.37. The van der Waals surface area contributed by atoms with Gasteiger partial charge in [-0.15, -0.1) is 0 Å². The molecule has 3 heteroatoms. The Kier molecular flexibility index (Phi) is 1.96. The molecular formula is C12H15NO2. The predicted octanol–water partition coefficient (Wildman–Crippen LogP) is 1.04. The van der Waals surface area contributed by atoms with Crippen LogP contribution < -0.4 is 5.32 Å². The van der Waals surface area contributed by atoms with Gasteiger partial charge in [0.2, 0.25) is 0 Å². The topological polar surface area (TPSA) is 49.3 Å². The molecule has 3 rings (SSSR count). The largest absolute Gasteiger partial charge is 0.481 e. The molecule has 0 aromatic carbocycles. The zero-order valence-electron chi connectivity index (χ0n) is 8.47. The van der Waals surface area contributed by atoms with Gasteiger partial charge in [0, 0.05) is 6.04 Å². The highest BCUT2D eigenvalue weighted by molar-refractivity contribution is 5.73. The molecule has 1 fully saturated rings. The van der Waals surface area contributed by atoms with Gasteiger partial charge in [-0.25, -0.2) is 0 Å². The van der Waals surface area contributed by atoms with Crippen molar-refractivity contribution in [1.82, 2.24) is 5.32 Å². The van der Waals surface area contributed by atoms with Crippen LogP contribution in [0.4, 0.5) is 0 Å². The summed E-state index contributed by atoms with van der Waals surface area (Å²) in [6, 6.07) is 0.403. The number of rotatable bonds is 1. The molecule has 0 spiro atoms. The summed E-state index contributed by atoms with van der Waals surface area (Å²) in [6.45, 7) is 1.03. The van der Waals surface area contributed by atoms with E-state index >= 15 is 0 Å². The molecule has 0 bridgehead atoms. The van der Waals surface area contributed by atoms with Gasteiger partial charge in [0.1, 0.15) is 0 Å². The van der Waals surface area contributed by atoms with Crippen LogP contribution in [0.25, 0.3) is 0 Å². The third kappa shape index (κ3) is 1.26. The van der Waals surface area contributed by atoms with Crippen molar-refractivity contribution in [2.45, 2.75) is 12.5 Å². The predicted molar refractivity (Wildman–Crippen MR) is 56.3 cm³/mol. The minimum atomic E-state index is -0.688. The van der Waals surface area contributed by atoms with Crippen LogP contribution in [0, 0.1) is 23.7 Å². The first-order valence-corrected chi connectivity index (χ1v) is 5.58. The first kappa shape index (κ1) is 9.16. The molecule has 5 unspecified atom stereocenters. The molecule has 2 N–H and O–H groups in total. The summed E-state index contributed by atoms with van der Waals surface area (Å²) in [5.41, 5.74) is 0. The molecule has 0 aromatic heterocycles. The van der Waals surface area contributed by atoms with Crippen LogP contribution in [0.15, 0.2) is 24.3 Å². The molecule has 1 saturated heterocycles. The number of hydrogen-bond donors (Lipinski definition) is 2. The van der Waals surface area contributed by atoms with Crippen molar-refractivity contribution in [2.75, 3.05) is 6.54 Å². The van der Waals surface area contributed by atoms with Crippen molar-refractivity contribution in [3.05, 3.63) is 24.3 Å². The molecule has 0 amide bonds. The number of carboxylic acid groups (broad SMARTS) is 1. The molecule has 0 aromatic rings. The summed E-state index contributed by atoms with van der Waals surface area (Å²) in [4.78, 5) is 11.1. The Morgan fingerprint density at radius 1 is 1.33 bits per heavy atom. The van der Waals surface area contributed by atoms with Crippen molar-refractivity contribution >= 4 is 5.97 Å². The van der Waals surface area contributed by atoms with Crippen LogP contribution in [0.1, 0.15) is 6.42 Å². The first-order valence-electron chi connectivity index (χ1n) is 5.58. The molecule has 3 aliphatic rings. The fraction of sp³-hybridized carbons (Fsp3) is 0.583. The first-order chi connectivity index (χ1) is 7.27. The highest BCUT2D eigenvalue weighted by atomic mass is 16.4. The average Bonchev–Trinajstić information content (AvgIpc) is 2.64. The summed E-state index contributed by atoms with van der Waals surface area (Å²) in [5.74, 6) is 0.334. The standard InChI is InChI=1S/C12H15NO2/c14-12(15)9-4-5-10-11-7(6-13-10)2-1-3-8(9)11/h1,3-5,7-11,13H,2,6H2,(H,14,15). The van der Waals surface area contributed by atoms with Crippen LogP contribution in [0.5, 0.6) is 0 Å². The van der Waals surface area contributed by atoms with E-state index in [9.17, 15) is 4.79 Å². The zero-order chi connectivity index (χ0) is 10.4. The monoisotopic (exact) mass is 205 g/mol. The van der Waals surface area contributed by atoms with E-state index in [0.29, 0.717) is 17.9 Å². The Hall–Kier alpha value is -1.09. The summed E-state index contributed by atoms with van der Waals surface area (Å²) < 4.78 is 0. The van der Waals surface area contributed by atoms with Gasteiger partial charge in [0.15, 0.2) is 0 Å². The Labute approximate surface area is 88.9 Å². The molecule has 0 radical (unpaired) electrons. The van der Waals surface area contributed by atoms with Gasteiger partial charge in [-0.05, 0) is 30.7 Å². The van der Waals surface area contributed by atoms with Gasteiger partial charge in [-0.3, -0.25) is 4.79 Å². The minimum Gasteiger partial charge on any atom is -0.481 e. The number of carboxylic acids is 1. The lowest BCUT2D eigenvalue weighted by molar-refractivity contribution is -0.142. The van der Waals surface area contributed by atoms with E-state index in [-0.39, 0.29) is 11.8 Å². The second-order valence-electron chi connectivity index (χ2n) is 4.76. The number of aliphatic carboxylic acids is 1. The fourth-order valence-electron chi connectivity index (χ4n) is 3.36. The molecule has 80 valence electrons. The van der Waals surface area contributed by atoms with E-state index in [1.807, 2.05) is 6.08 Å². The smallest absolute Gasteiger partial charge is 0.310 e. The van der Waals surface area contributed by atoms with E-state index in [0.717, 1.165) is 13.0 Å². The van der Waals surface area contributed by atoms with Crippen molar-refractivity contribution in [3.63, 3.8) is 0 Å². The third-order valence-electron chi connectivity index (χ3n) is 4.04. The van der Waals surface area contributed by atoms with Gasteiger partial charge < -0.3 is 10.4 Å². The van der Waals surface area contributed by atoms with Crippen molar-refractivity contribution in [3.8, 4) is 0 Å². The maximum Gasteiger partial charge on any atom is 0.310 e. The van der Waals surface area contributed by atoms with Crippen LogP contribution in [-0.2, 0) is 4.79 Å². The summed E-state index contributed by atoms with van der Waals surface area (Å²) in [7, 11) is 0. The van der Waals surface area contributed by atoms with E-state index in [4.69, 9.17) is 5.11 Å². The zero-order valence-corrected chi connectivity index (χ0v) is 8.47. The Morgan fingerprint density at radius 2 is 2.20 bits per heavy atom. The molecule has 15 heavy (non-hydrogen) atoms. The molecule has 5 atom stereocenters.